The third-order valence-electron chi connectivity index (χ3n) is 5.72. The summed E-state index contributed by atoms with van der Waals surface area (Å²) in [6.07, 6.45) is 1.53. The Hall–Kier alpha value is -2.62. The first kappa shape index (κ1) is 28.0. The van der Waals surface area contributed by atoms with Gasteiger partial charge in [-0.3, -0.25) is 4.79 Å². The molecule has 1 aliphatic rings. The molecule has 2 aromatic carbocycles. The van der Waals surface area contributed by atoms with E-state index in [0.29, 0.717) is 30.8 Å². The third kappa shape index (κ3) is 7.94. The number of ether oxygens (including phenoxy) is 1. The molecule has 1 heterocycles. The van der Waals surface area contributed by atoms with Crippen molar-refractivity contribution in [2.75, 3.05) is 13.1 Å². The van der Waals surface area contributed by atoms with E-state index in [9.17, 15) is 18.0 Å². The molecule has 2 unspecified atom stereocenters. The lowest BCUT2D eigenvalue weighted by molar-refractivity contribution is -0.124. The minimum atomic E-state index is -4.10. The number of hydrogen-bond acceptors (Lipinski definition) is 5. The van der Waals surface area contributed by atoms with Crippen molar-refractivity contribution in [3.63, 3.8) is 0 Å². The first-order valence-electron chi connectivity index (χ1n) is 12.0. The van der Waals surface area contributed by atoms with Gasteiger partial charge in [0.15, 0.2) is 0 Å². The van der Waals surface area contributed by atoms with Gasteiger partial charge in [-0.15, -0.1) is 0 Å². The largest absolute Gasteiger partial charge is 0.444 e. The minimum absolute atomic E-state index is 0.0275. The molecule has 0 saturated carbocycles. The molecule has 2 atom stereocenters. The zero-order chi connectivity index (χ0) is 26.3. The molecule has 10 heteroatoms. The van der Waals surface area contributed by atoms with Crippen LogP contribution in [0.25, 0.3) is 0 Å². The van der Waals surface area contributed by atoms with Gasteiger partial charge in [0.2, 0.25) is 15.9 Å². The smallest absolute Gasteiger partial charge is 0.407 e. The van der Waals surface area contributed by atoms with Gasteiger partial charge in [0.25, 0.3) is 0 Å². The molecule has 2 amide bonds. The summed E-state index contributed by atoms with van der Waals surface area (Å²) in [6.45, 7) is 5.65. The number of nitrogens with one attached hydrogen (secondary N) is 2. The molecular weight excluding hydrogens is 502 g/mol. The van der Waals surface area contributed by atoms with Crippen LogP contribution in [-0.4, -0.2) is 55.5 Å². The van der Waals surface area contributed by atoms with Gasteiger partial charge in [0.05, 0.1) is 10.9 Å². The van der Waals surface area contributed by atoms with Gasteiger partial charge in [0.1, 0.15) is 11.6 Å². The number of carbonyl (C=O) groups excluding carboxylic acids is 2. The quantitative estimate of drug-likeness (QED) is 0.528. The van der Waals surface area contributed by atoms with Gasteiger partial charge >= 0.3 is 6.09 Å². The molecule has 0 aromatic heterocycles. The van der Waals surface area contributed by atoms with E-state index < -0.39 is 33.8 Å². The molecule has 0 bridgehead atoms. The molecule has 1 saturated heterocycles. The Bertz CT molecular complexity index is 1130. The van der Waals surface area contributed by atoms with E-state index in [2.05, 4.69) is 10.6 Å². The second kappa shape index (κ2) is 12.1. The van der Waals surface area contributed by atoms with Gasteiger partial charge < -0.3 is 15.4 Å². The summed E-state index contributed by atoms with van der Waals surface area (Å²) in [5.41, 5.74) is 0.185. The summed E-state index contributed by atoms with van der Waals surface area (Å²) in [6, 6.07) is 13.7. The summed E-state index contributed by atoms with van der Waals surface area (Å²) < 4.78 is 34.4. The van der Waals surface area contributed by atoms with Gasteiger partial charge in [-0.2, -0.15) is 4.31 Å². The number of hydrogen-bond donors (Lipinski definition) is 2. The Morgan fingerprint density at radius 3 is 2.44 bits per heavy atom. The van der Waals surface area contributed by atoms with E-state index in [4.69, 9.17) is 16.3 Å². The number of alkyl carbamates (subject to hydrolysis) is 1. The predicted molar refractivity (Wildman–Crippen MR) is 139 cm³/mol. The van der Waals surface area contributed by atoms with Crippen LogP contribution in [0.5, 0.6) is 0 Å². The molecule has 0 radical (unpaired) electrons. The van der Waals surface area contributed by atoms with Crippen LogP contribution < -0.4 is 10.6 Å². The van der Waals surface area contributed by atoms with Crippen molar-refractivity contribution < 1.29 is 22.7 Å². The van der Waals surface area contributed by atoms with Crippen molar-refractivity contribution in [1.29, 1.82) is 0 Å². The molecule has 0 aliphatic carbocycles. The monoisotopic (exact) mass is 535 g/mol. The summed E-state index contributed by atoms with van der Waals surface area (Å²) >= 11 is 5.99. The van der Waals surface area contributed by atoms with Crippen molar-refractivity contribution in [2.24, 2.45) is 0 Å². The fraction of sp³-hybridized carbons (Fsp3) is 0.462. The van der Waals surface area contributed by atoms with E-state index in [1.165, 1.54) is 28.6 Å². The molecule has 3 rings (SSSR count). The lowest BCUT2D eigenvalue weighted by Gasteiger charge is -2.33. The van der Waals surface area contributed by atoms with Crippen molar-refractivity contribution in [3.05, 3.63) is 65.2 Å². The number of sulfonamides is 1. The molecule has 36 heavy (non-hydrogen) atoms. The molecule has 8 nitrogen and oxygen atoms in total. The van der Waals surface area contributed by atoms with Crippen LogP contribution in [-0.2, 0) is 26.0 Å². The molecule has 2 N–H and O–H groups in total. The van der Waals surface area contributed by atoms with Gasteiger partial charge in [0, 0.05) is 18.1 Å². The normalized spacial score (nSPS) is 17.7. The zero-order valence-electron chi connectivity index (χ0n) is 20.9. The highest BCUT2D eigenvalue weighted by molar-refractivity contribution is 7.89. The van der Waals surface area contributed by atoms with Crippen molar-refractivity contribution in [1.82, 2.24) is 14.9 Å². The van der Waals surface area contributed by atoms with E-state index in [0.717, 1.165) is 12.0 Å². The van der Waals surface area contributed by atoms with Crippen LogP contribution in [0.4, 0.5) is 4.79 Å². The maximum atomic E-state index is 13.9. The summed E-state index contributed by atoms with van der Waals surface area (Å²) in [4.78, 5) is 25.7. The lowest BCUT2D eigenvalue weighted by Crippen LogP contribution is -2.54. The molecule has 196 valence electrons. The Labute approximate surface area is 218 Å². The molecule has 1 aliphatic heterocycles. The molecule has 1 fully saturated rings. The average molecular weight is 536 g/mol. The van der Waals surface area contributed by atoms with Crippen LogP contribution in [0.15, 0.2) is 59.5 Å². The van der Waals surface area contributed by atoms with Crippen LogP contribution >= 0.6 is 11.6 Å². The standard InChI is InChI=1S/C26H34ClN3O5S/c1-26(2,3)35-25(32)29-21(17-19-9-5-4-6-10-19)18-30(23-11-7-8-16-28-24(23)31)36(33,34)22-14-12-20(27)13-15-22/h4-6,9-10,12-15,21,23H,7-8,11,16-18H2,1-3H3,(H,28,31)(H,29,32). The maximum Gasteiger partial charge on any atom is 0.407 e. The Kier molecular flexibility index (Phi) is 9.38. The minimum Gasteiger partial charge on any atom is -0.444 e. The predicted octanol–water partition coefficient (Wildman–Crippen LogP) is 4.14. The zero-order valence-corrected chi connectivity index (χ0v) is 22.4. The Morgan fingerprint density at radius 1 is 1.14 bits per heavy atom. The topological polar surface area (TPSA) is 105 Å². The number of halogens is 1. The number of carbonyl (C=O) groups is 2. The molecular formula is C26H34ClN3O5S. The van der Waals surface area contributed by atoms with Crippen molar-refractivity contribution in [2.45, 2.75) is 69.0 Å². The number of rotatable bonds is 8. The van der Waals surface area contributed by atoms with Crippen LogP contribution in [0.1, 0.15) is 45.6 Å². The summed E-state index contributed by atoms with van der Waals surface area (Å²) in [5, 5.41) is 6.06. The first-order chi connectivity index (χ1) is 17.0. The van der Waals surface area contributed by atoms with Crippen molar-refractivity contribution >= 4 is 33.6 Å². The third-order valence-corrected chi connectivity index (χ3v) is 7.86. The van der Waals surface area contributed by atoms with E-state index in [-0.39, 0.29) is 17.3 Å². The highest BCUT2D eigenvalue weighted by Gasteiger charge is 2.38. The van der Waals surface area contributed by atoms with Gasteiger partial charge in [-0.05, 0) is 76.3 Å². The lowest BCUT2D eigenvalue weighted by atomic mass is 10.0. The van der Waals surface area contributed by atoms with E-state index >= 15 is 0 Å². The SMILES string of the molecule is CC(C)(C)OC(=O)NC(Cc1ccccc1)CN(C1CCCCNC1=O)S(=O)(=O)c1ccc(Cl)cc1. The highest BCUT2D eigenvalue weighted by atomic mass is 35.5. The van der Waals surface area contributed by atoms with E-state index in [1.807, 2.05) is 30.3 Å². The molecule has 2 aromatic rings. The fourth-order valence-electron chi connectivity index (χ4n) is 4.08. The first-order valence-corrected chi connectivity index (χ1v) is 13.9. The van der Waals surface area contributed by atoms with Gasteiger partial charge in [-0.25, -0.2) is 13.2 Å². The van der Waals surface area contributed by atoms with Crippen LogP contribution in [0, 0.1) is 0 Å². The van der Waals surface area contributed by atoms with E-state index in [1.54, 1.807) is 20.8 Å². The highest BCUT2D eigenvalue weighted by Crippen LogP contribution is 2.25. The second-order valence-electron chi connectivity index (χ2n) is 9.86. The number of nitrogens with zero attached hydrogens (tertiary/aromatic N) is 1. The number of amides is 2. The molecule has 0 spiro atoms. The fourth-order valence-corrected chi connectivity index (χ4v) is 5.87. The Morgan fingerprint density at radius 2 is 1.81 bits per heavy atom. The maximum absolute atomic E-state index is 13.9. The van der Waals surface area contributed by atoms with Crippen LogP contribution in [0.3, 0.4) is 0 Å². The average Bonchev–Trinajstić information content (AvgIpc) is 3.01. The summed E-state index contributed by atoms with van der Waals surface area (Å²) in [5.74, 6) is -0.347. The van der Waals surface area contributed by atoms with Crippen molar-refractivity contribution in [3.8, 4) is 0 Å². The van der Waals surface area contributed by atoms with Crippen LogP contribution in [0.2, 0.25) is 5.02 Å². The second-order valence-corrected chi connectivity index (χ2v) is 12.2. The summed E-state index contributed by atoms with van der Waals surface area (Å²) in [7, 11) is -4.10. The van der Waals surface area contributed by atoms with Gasteiger partial charge in [-0.1, -0.05) is 41.9 Å². The Balaban J connectivity index is 1.99. The number of benzene rings is 2.